The fourth-order valence-electron chi connectivity index (χ4n) is 2.74. The molecule has 0 unspecified atom stereocenters. The first-order valence-corrected chi connectivity index (χ1v) is 10.1. The third kappa shape index (κ3) is 3.53. The molecule has 27 heavy (non-hydrogen) atoms. The standard InChI is InChI=1S/C18H16N4O3S2/c1-25-8-6-22-16(24)13-4-2-3-5-14(13)20-18(22)27-11-12-10-15(23)21-7-9-26-17(21)19-12/h2-5,7,9-10H,6,8,11H2,1H3. The van der Waals surface area contributed by atoms with Crippen LogP contribution in [0.1, 0.15) is 5.69 Å². The monoisotopic (exact) mass is 400 g/mol. The van der Waals surface area contributed by atoms with Gasteiger partial charge in [0.1, 0.15) is 0 Å². The van der Waals surface area contributed by atoms with Gasteiger partial charge < -0.3 is 4.74 Å². The maximum atomic E-state index is 12.8. The van der Waals surface area contributed by atoms with Gasteiger partial charge in [0.25, 0.3) is 11.1 Å². The Bertz CT molecular complexity index is 1230. The number of aromatic nitrogens is 4. The molecule has 3 aromatic heterocycles. The molecule has 7 nitrogen and oxygen atoms in total. The Labute approximate surface area is 162 Å². The fourth-order valence-corrected chi connectivity index (χ4v) is 4.39. The number of methoxy groups -OCH3 is 1. The molecular weight excluding hydrogens is 384 g/mol. The number of hydrogen-bond donors (Lipinski definition) is 0. The molecule has 0 atom stereocenters. The van der Waals surface area contributed by atoms with E-state index in [-0.39, 0.29) is 11.1 Å². The molecule has 4 aromatic rings. The van der Waals surface area contributed by atoms with Crippen molar-refractivity contribution in [3.8, 4) is 0 Å². The van der Waals surface area contributed by atoms with Gasteiger partial charge in [-0.2, -0.15) is 0 Å². The zero-order chi connectivity index (χ0) is 18.8. The van der Waals surface area contributed by atoms with Gasteiger partial charge in [-0.15, -0.1) is 11.3 Å². The number of ether oxygens (including phenoxy) is 1. The quantitative estimate of drug-likeness (QED) is 0.365. The van der Waals surface area contributed by atoms with Gasteiger partial charge in [0.2, 0.25) is 0 Å². The van der Waals surface area contributed by atoms with Gasteiger partial charge in [-0.25, -0.2) is 9.97 Å². The smallest absolute Gasteiger partial charge is 0.262 e. The lowest BCUT2D eigenvalue weighted by Crippen LogP contribution is -2.25. The average molecular weight is 400 g/mol. The van der Waals surface area contributed by atoms with Crippen LogP contribution in [0.3, 0.4) is 0 Å². The average Bonchev–Trinajstić information content (AvgIpc) is 3.15. The Kier molecular flexibility index (Phi) is 5.06. The van der Waals surface area contributed by atoms with Crippen molar-refractivity contribution in [1.82, 2.24) is 18.9 Å². The summed E-state index contributed by atoms with van der Waals surface area (Å²) >= 11 is 2.80. The highest BCUT2D eigenvalue weighted by Gasteiger charge is 2.12. The number of para-hydroxylation sites is 1. The fraction of sp³-hybridized carbons (Fsp3) is 0.222. The van der Waals surface area contributed by atoms with E-state index in [4.69, 9.17) is 4.74 Å². The van der Waals surface area contributed by atoms with Crippen LogP contribution in [-0.2, 0) is 17.0 Å². The highest BCUT2D eigenvalue weighted by atomic mass is 32.2. The summed E-state index contributed by atoms with van der Waals surface area (Å²) in [6.45, 7) is 0.823. The van der Waals surface area contributed by atoms with Gasteiger partial charge in [-0.1, -0.05) is 23.9 Å². The van der Waals surface area contributed by atoms with Gasteiger partial charge in [-0.05, 0) is 12.1 Å². The largest absolute Gasteiger partial charge is 0.383 e. The summed E-state index contributed by atoms with van der Waals surface area (Å²) in [5.41, 5.74) is 1.11. The summed E-state index contributed by atoms with van der Waals surface area (Å²) in [5, 5.41) is 2.99. The van der Waals surface area contributed by atoms with Crippen molar-refractivity contribution in [3.05, 3.63) is 68.3 Å². The first-order valence-electron chi connectivity index (χ1n) is 8.24. The summed E-state index contributed by atoms with van der Waals surface area (Å²) in [6, 6.07) is 8.80. The lowest BCUT2D eigenvalue weighted by atomic mass is 10.2. The molecule has 3 heterocycles. The summed E-state index contributed by atoms with van der Waals surface area (Å²) in [4.78, 5) is 34.8. The van der Waals surface area contributed by atoms with E-state index in [1.54, 1.807) is 23.9 Å². The van der Waals surface area contributed by atoms with E-state index >= 15 is 0 Å². The van der Waals surface area contributed by atoms with Crippen LogP contribution in [0.25, 0.3) is 15.9 Å². The van der Waals surface area contributed by atoms with Crippen molar-refractivity contribution in [3.63, 3.8) is 0 Å². The van der Waals surface area contributed by atoms with Crippen LogP contribution in [0, 0.1) is 0 Å². The van der Waals surface area contributed by atoms with Crippen LogP contribution < -0.4 is 11.1 Å². The topological polar surface area (TPSA) is 78.5 Å². The van der Waals surface area contributed by atoms with Crippen LogP contribution >= 0.6 is 23.1 Å². The van der Waals surface area contributed by atoms with E-state index < -0.39 is 0 Å². The Morgan fingerprint density at radius 2 is 2.07 bits per heavy atom. The predicted molar refractivity (Wildman–Crippen MR) is 107 cm³/mol. The molecular formula is C18H16N4O3S2. The minimum Gasteiger partial charge on any atom is -0.383 e. The summed E-state index contributed by atoms with van der Waals surface area (Å²) < 4.78 is 8.27. The highest BCUT2D eigenvalue weighted by molar-refractivity contribution is 7.98. The van der Waals surface area contributed by atoms with E-state index in [9.17, 15) is 9.59 Å². The van der Waals surface area contributed by atoms with E-state index in [2.05, 4.69) is 9.97 Å². The lowest BCUT2D eigenvalue weighted by molar-refractivity contribution is 0.183. The zero-order valence-electron chi connectivity index (χ0n) is 14.5. The number of thiazole rings is 1. The molecule has 138 valence electrons. The lowest BCUT2D eigenvalue weighted by Gasteiger charge is -2.12. The number of fused-ring (bicyclic) bond motifs is 2. The van der Waals surface area contributed by atoms with Crippen LogP contribution in [0.2, 0.25) is 0 Å². The van der Waals surface area contributed by atoms with Crippen molar-refractivity contribution in [2.24, 2.45) is 0 Å². The Balaban J connectivity index is 1.71. The van der Waals surface area contributed by atoms with E-state index in [1.165, 1.54) is 33.6 Å². The molecule has 0 N–H and O–H groups in total. The van der Waals surface area contributed by atoms with Crippen LogP contribution in [0.5, 0.6) is 0 Å². The third-order valence-electron chi connectivity index (χ3n) is 4.05. The third-order valence-corrected chi connectivity index (χ3v) is 5.82. The van der Waals surface area contributed by atoms with Crippen LogP contribution in [0.15, 0.2) is 56.7 Å². The maximum Gasteiger partial charge on any atom is 0.262 e. The van der Waals surface area contributed by atoms with Gasteiger partial charge in [0, 0.05) is 30.5 Å². The van der Waals surface area contributed by atoms with E-state index in [0.717, 1.165) is 0 Å². The Morgan fingerprint density at radius 1 is 1.22 bits per heavy atom. The zero-order valence-corrected chi connectivity index (χ0v) is 16.1. The second-order valence-corrected chi connectivity index (χ2v) is 7.61. The van der Waals surface area contributed by atoms with Crippen molar-refractivity contribution < 1.29 is 4.74 Å². The molecule has 0 aliphatic heterocycles. The number of thioether (sulfide) groups is 1. The van der Waals surface area contributed by atoms with Gasteiger partial charge in [0.15, 0.2) is 10.1 Å². The molecule has 9 heteroatoms. The van der Waals surface area contributed by atoms with Crippen molar-refractivity contribution >= 4 is 39.0 Å². The van der Waals surface area contributed by atoms with Crippen molar-refractivity contribution in [2.45, 2.75) is 17.5 Å². The SMILES string of the molecule is COCCn1c(SCc2cc(=O)n3ccsc3n2)nc2ccccc2c1=O. The number of benzene rings is 1. The first-order chi connectivity index (χ1) is 13.2. The maximum absolute atomic E-state index is 12.8. The number of nitrogens with zero attached hydrogens (tertiary/aromatic N) is 4. The molecule has 0 fully saturated rings. The molecule has 4 rings (SSSR count). The van der Waals surface area contributed by atoms with Gasteiger partial charge in [-0.3, -0.25) is 18.6 Å². The molecule has 0 saturated heterocycles. The number of hydrogen-bond acceptors (Lipinski definition) is 7. The van der Waals surface area contributed by atoms with Crippen molar-refractivity contribution in [1.29, 1.82) is 0 Å². The molecule has 0 aliphatic rings. The normalized spacial score (nSPS) is 11.4. The molecule has 0 saturated carbocycles. The number of rotatable bonds is 6. The van der Waals surface area contributed by atoms with Gasteiger partial charge >= 0.3 is 0 Å². The Hall–Kier alpha value is -2.49. The van der Waals surface area contributed by atoms with E-state index in [0.29, 0.717) is 45.6 Å². The molecule has 0 amide bonds. The summed E-state index contributed by atoms with van der Waals surface area (Å²) in [5.74, 6) is 0.446. The predicted octanol–water partition coefficient (Wildman–Crippen LogP) is 2.40. The van der Waals surface area contributed by atoms with Crippen LogP contribution in [0.4, 0.5) is 0 Å². The molecule has 0 aliphatic carbocycles. The van der Waals surface area contributed by atoms with E-state index in [1.807, 2.05) is 23.6 Å². The minimum absolute atomic E-state index is 0.0955. The van der Waals surface area contributed by atoms with Gasteiger partial charge in [0.05, 0.1) is 29.7 Å². The minimum atomic E-state index is -0.111. The molecule has 0 spiro atoms. The molecule has 0 radical (unpaired) electrons. The second-order valence-electron chi connectivity index (χ2n) is 5.79. The Morgan fingerprint density at radius 3 is 2.93 bits per heavy atom. The summed E-state index contributed by atoms with van der Waals surface area (Å²) in [7, 11) is 1.60. The highest BCUT2D eigenvalue weighted by Crippen LogP contribution is 2.21. The molecule has 0 bridgehead atoms. The summed E-state index contributed by atoms with van der Waals surface area (Å²) in [6.07, 6.45) is 1.71. The van der Waals surface area contributed by atoms with Crippen molar-refractivity contribution in [2.75, 3.05) is 13.7 Å². The van der Waals surface area contributed by atoms with Crippen LogP contribution in [-0.4, -0.2) is 32.7 Å². The molecule has 1 aromatic carbocycles. The second kappa shape index (κ2) is 7.63. The first kappa shape index (κ1) is 17.9.